The van der Waals surface area contributed by atoms with Crippen molar-refractivity contribution in [2.24, 2.45) is 0 Å². The van der Waals surface area contributed by atoms with Gasteiger partial charge in [-0.25, -0.2) is 4.98 Å². The number of nitrogens with one attached hydrogen (secondary N) is 1. The predicted octanol–water partition coefficient (Wildman–Crippen LogP) is 3.79. The van der Waals surface area contributed by atoms with E-state index in [1.54, 1.807) is 42.5 Å². The van der Waals surface area contributed by atoms with Crippen LogP contribution in [0.1, 0.15) is 17.4 Å². The second-order valence-electron chi connectivity index (χ2n) is 6.99. The van der Waals surface area contributed by atoms with Gasteiger partial charge in [0, 0.05) is 5.56 Å². The number of imidazole rings is 1. The van der Waals surface area contributed by atoms with Crippen LogP contribution in [0, 0.1) is 0 Å². The summed E-state index contributed by atoms with van der Waals surface area (Å²) in [6.45, 7) is 0. The zero-order valence-electron chi connectivity index (χ0n) is 16.4. The Hall–Kier alpha value is -4.33. The molecule has 0 saturated carbocycles. The molecule has 8 heteroatoms. The molecule has 1 atom stereocenters. The summed E-state index contributed by atoms with van der Waals surface area (Å²) in [6, 6.07) is 16.2. The molecule has 3 heterocycles. The van der Waals surface area contributed by atoms with Gasteiger partial charge in [-0.05, 0) is 48.5 Å². The van der Waals surface area contributed by atoms with Crippen molar-refractivity contribution in [3.8, 4) is 5.75 Å². The monoisotopic (exact) mass is 415 g/mol. The van der Waals surface area contributed by atoms with Crippen LogP contribution < -0.4 is 9.64 Å². The number of methoxy groups -OCH3 is 1. The van der Waals surface area contributed by atoms with E-state index in [9.17, 15) is 14.7 Å². The van der Waals surface area contributed by atoms with Crippen molar-refractivity contribution in [3.63, 3.8) is 0 Å². The Balaban J connectivity index is 1.69. The number of anilines is 1. The van der Waals surface area contributed by atoms with Gasteiger partial charge in [0.05, 0.1) is 30.0 Å². The lowest BCUT2D eigenvalue weighted by molar-refractivity contribution is -0.132. The summed E-state index contributed by atoms with van der Waals surface area (Å²) in [5.74, 6) is -0.818. The number of furan rings is 1. The van der Waals surface area contributed by atoms with Crippen LogP contribution in [0.2, 0.25) is 0 Å². The second kappa shape index (κ2) is 7.17. The van der Waals surface area contributed by atoms with E-state index in [1.165, 1.54) is 18.3 Å². The summed E-state index contributed by atoms with van der Waals surface area (Å²) in [6.07, 6.45) is 1.45. The zero-order chi connectivity index (χ0) is 21.5. The third-order valence-corrected chi connectivity index (χ3v) is 5.23. The van der Waals surface area contributed by atoms with E-state index in [-0.39, 0.29) is 17.3 Å². The SMILES string of the molecule is COc1ccc(/C(O)=C2\C(=O)C(=O)N(c3nc4ccccc4[nH]3)C2c2ccco2)cc1. The standard InChI is InChI=1S/C23H17N3O5/c1-30-14-10-8-13(9-11-14)20(27)18-19(17-7-4-12-31-17)26(22(29)21(18)28)23-24-15-5-2-3-6-16(15)25-23/h2-12,19,27H,1H3,(H,24,25)/b20-18+. The van der Waals surface area contributed by atoms with Crippen LogP contribution in [-0.2, 0) is 9.59 Å². The van der Waals surface area contributed by atoms with Crippen molar-refractivity contribution in [3.05, 3.63) is 83.8 Å². The molecule has 8 nitrogen and oxygen atoms in total. The van der Waals surface area contributed by atoms with Crippen molar-refractivity contribution < 1.29 is 23.8 Å². The lowest BCUT2D eigenvalue weighted by Crippen LogP contribution is -2.30. The number of amides is 1. The lowest BCUT2D eigenvalue weighted by Gasteiger charge is -2.20. The van der Waals surface area contributed by atoms with E-state index >= 15 is 0 Å². The molecule has 0 bridgehead atoms. The number of ether oxygens (including phenoxy) is 1. The molecular formula is C23H17N3O5. The summed E-state index contributed by atoms with van der Waals surface area (Å²) in [7, 11) is 1.53. The Morgan fingerprint density at radius 1 is 1.10 bits per heavy atom. The van der Waals surface area contributed by atoms with Gasteiger partial charge in [-0.1, -0.05) is 12.1 Å². The Labute approximate surface area is 176 Å². The molecule has 154 valence electrons. The molecule has 1 amide bonds. The number of H-pyrrole nitrogens is 1. The van der Waals surface area contributed by atoms with Crippen LogP contribution in [0.4, 0.5) is 5.95 Å². The zero-order valence-corrected chi connectivity index (χ0v) is 16.4. The topological polar surface area (TPSA) is 109 Å². The second-order valence-corrected chi connectivity index (χ2v) is 6.99. The molecule has 5 rings (SSSR count). The molecule has 1 aliphatic rings. The molecule has 1 aliphatic heterocycles. The number of aliphatic hydroxyl groups is 1. The Morgan fingerprint density at radius 2 is 1.87 bits per heavy atom. The van der Waals surface area contributed by atoms with Gasteiger partial charge in [-0.3, -0.25) is 14.5 Å². The molecule has 2 aromatic carbocycles. The van der Waals surface area contributed by atoms with E-state index in [4.69, 9.17) is 9.15 Å². The molecule has 0 radical (unpaired) electrons. The number of para-hydroxylation sites is 2. The van der Waals surface area contributed by atoms with Crippen molar-refractivity contribution in [2.45, 2.75) is 6.04 Å². The lowest BCUT2D eigenvalue weighted by atomic mass is 9.99. The smallest absolute Gasteiger partial charge is 0.302 e. The highest BCUT2D eigenvalue weighted by Crippen LogP contribution is 2.41. The quantitative estimate of drug-likeness (QED) is 0.298. The molecule has 1 unspecified atom stereocenters. The largest absolute Gasteiger partial charge is 0.507 e. The van der Waals surface area contributed by atoms with E-state index in [2.05, 4.69) is 9.97 Å². The number of nitrogens with zero attached hydrogens (tertiary/aromatic N) is 2. The van der Waals surface area contributed by atoms with E-state index in [0.717, 1.165) is 0 Å². The number of ketones is 1. The Kier molecular flexibility index (Phi) is 4.32. The predicted molar refractivity (Wildman–Crippen MR) is 113 cm³/mol. The molecule has 0 aliphatic carbocycles. The summed E-state index contributed by atoms with van der Waals surface area (Å²) in [5, 5.41) is 11.0. The third-order valence-electron chi connectivity index (χ3n) is 5.23. The Bertz CT molecular complexity index is 1290. The van der Waals surface area contributed by atoms with Crippen LogP contribution >= 0.6 is 0 Å². The van der Waals surface area contributed by atoms with Crippen molar-refractivity contribution >= 4 is 34.4 Å². The first-order valence-electron chi connectivity index (χ1n) is 9.52. The number of rotatable bonds is 4. The molecule has 2 N–H and O–H groups in total. The van der Waals surface area contributed by atoms with E-state index < -0.39 is 17.7 Å². The van der Waals surface area contributed by atoms with Crippen LogP contribution in [0.5, 0.6) is 5.75 Å². The molecule has 2 aromatic heterocycles. The summed E-state index contributed by atoms with van der Waals surface area (Å²) in [5.41, 5.74) is 1.66. The highest BCUT2D eigenvalue weighted by molar-refractivity contribution is 6.51. The van der Waals surface area contributed by atoms with Crippen molar-refractivity contribution in [2.75, 3.05) is 12.0 Å². The maximum absolute atomic E-state index is 13.0. The highest BCUT2D eigenvalue weighted by atomic mass is 16.5. The number of aromatic amines is 1. The maximum atomic E-state index is 13.0. The fourth-order valence-electron chi connectivity index (χ4n) is 3.72. The average molecular weight is 415 g/mol. The number of hydrogen-bond acceptors (Lipinski definition) is 6. The van der Waals surface area contributed by atoms with E-state index in [0.29, 0.717) is 28.1 Å². The highest BCUT2D eigenvalue weighted by Gasteiger charge is 2.49. The number of aliphatic hydroxyl groups excluding tert-OH is 1. The van der Waals surface area contributed by atoms with Crippen molar-refractivity contribution in [1.29, 1.82) is 0 Å². The van der Waals surface area contributed by atoms with Crippen LogP contribution in [-0.4, -0.2) is 33.9 Å². The van der Waals surface area contributed by atoms with Gasteiger partial charge in [-0.2, -0.15) is 0 Å². The average Bonchev–Trinajstić information content (AvgIpc) is 3.52. The van der Waals surface area contributed by atoms with Gasteiger partial charge in [0.2, 0.25) is 5.95 Å². The minimum Gasteiger partial charge on any atom is -0.507 e. The summed E-state index contributed by atoms with van der Waals surface area (Å²) < 4.78 is 10.7. The number of benzene rings is 2. The van der Waals surface area contributed by atoms with Gasteiger partial charge in [0.15, 0.2) is 0 Å². The molecular weight excluding hydrogens is 398 g/mol. The van der Waals surface area contributed by atoms with Gasteiger partial charge >= 0.3 is 5.91 Å². The summed E-state index contributed by atoms with van der Waals surface area (Å²) >= 11 is 0. The number of aromatic nitrogens is 2. The number of carbonyl (C=O) groups is 2. The first-order chi connectivity index (χ1) is 15.1. The van der Waals surface area contributed by atoms with Gasteiger partial charge in [0.25, 0.3) is 5.78 Å². The minimum atomic E-state index is -0.974. The fraction of sp³-hybridized carbons (Fsp3) is 0.0870. The molecule has 1 saturated heterocycles. The molecule has 4 aromatic rings. The molecule has 31 heavy (non-hydrogen) atoms. The normalized spacial score (nSPS) is 18.1. The van der Waals surface area contributed by atoms with Gasteiger partial charge in [-0.15, -0.1) is 0 Å². The van der Waals surface area contributed by atoms with E-state index in [1.807, 2.05) is 18.2 Å². The number of carbonyl (C=O) groups excluding carboxylic acids is 2. The first-order valence-corrected chi connectivity index (χ1v) is 9.52. The number of hydrogen-bond donors (Lipinski definition) is 2. The number of Topliss-reactive ketones (excluding diaryl/α,β-unsaturated/α-hetero) is 1. The maximum Gasteiger partial charge on any atom is 0.302 e. The molecule has 1 fully saturated rings. The van der Waals surface area contributed by atoms with Crippen molar-refractivity contribution in [1.82, 2.24) is 9.97 Å². The molecule has 0 spiro atoms. The van der Waals surface area contributed by atoms with Crippen LogP contribution in [0.3, 0.4) is 0 Å². The third kappa shape index (κ3) is 2.96. The minimum absolute atomic E-state index is 0.0782. The van der Waals surface area contributed by atoms with Crippen LogP contribution in [0.25, 0.3) is 16.8 Å². The summed E-state index contributed by atoms with van der Waals surface area (Å²) in [4.78, 5) is 34.8. The first kappa shape index (κ1) is 18.7. The van der Waals surface area contributed by atoms with Gasteiger partial charge in [0.1, 0.15) is 23.3 Å². The number of fused-ring (bicyclic) bond motifs is 1. The van der Waals surface area contributed by atoms with Gasteiger partial charge < -0.3 is 19.2 Å². The van der Waals surface area contributed by atoms with Crippen LogP contribution in [0.15, 0.2) is 76.9 Å². The Morgan fingerprint density at radius 3 is 2.55 bits per heavy atom. The fourth-order valence-corrected chi connectivity index (χ4v) is 3.72.